The van der Waals surface area contributed by atoms with E-state index in [1.54, 1.807) is 0 Å². The fourth-order valence-electron chi connectivity index (χ4n) is 1.89. The van der Waals surface area contributed by atoms with Gasteiger partial charge in [0, 0.05) is 0 Å². The van der Waals surface area contributed by atoms with E-state index in [9.17, 15) is 4.79 Å². The summed E-state index contributed by atoms with van der Waals surface area (Å²) in [7, 11) is 0. The third-order valence-corrected chi connectivity index (χ3v) is 2.78. The van der Waals surface area contributed by atoms with Gasteiger partial charge < -0.3 is 4.74 Å². The molecular formula is C8H12O2. The van der Waals surface area contributed by atoms with Crippen molar-refractivity contribution in [1.82, 2.24) is 0 Å². The number of carbonyl (C=O) groups is 1. The van der Waals surface area contributed by atoms with Gasteiger partial charge in [-0.1, -0.05) is 6.42 Å². The highest BCUT2D eigenvalue weighted by atomic mass is 16.5. The van der Waals surface area contributed by atoms with E-state index in [4.69, 9.17) is 4.74 Å². The maximum atomic E-state index is 11.2. The minimum Gasteiger partial charge on any atom is -0.465 e. The number of rotatable bonds is 0. The topological polar surface area (TPSA) is 26.3 Å². The van der Waals surface area contributed by atoms with Crippen molar-refractivity contribution in [3.05, 3.63) is 0 Å². The molecule has 2 aliphatic rings. The summed E-state index contributed by atoms with van der Waals surface area (Å²) in [5, 5.41) is 0. The highest BCUT2D eigenvalue weighted by molar-refractivity contribution is 5.78. The summed E-state index contributed by atoms with van der Waals surface area (Å²) in [5.41, 5.74) is -0.00174. The SMILES string of the molecule is O=C1OCCCC12CCC2. The number of cyclic esters (lactones) is 1. The summed E-state index contributed by atoms with van der Waals surface area (Å²) >= 11 is 0. The minimum absolute atomic E-state index is 0.00174. The Bertz CT molecular complexity index is 159. The predicted molar refractivity (Wildman–Crippen MR) is 36.5 cm³/mol. The predicted octanol–water partition coefficient (Wildman–Crippen LogP) is 1.49. The fraction of sp³-hybridized carbons (Fsp3) is 0.875. The zero-order valence-corrected chi connectivity index (χ0v) is 6.06. The van der Waals surface area contributed by atoms with Crippen LogP contribution >= 0.6 is 0 Å². The van der Waals surface area contributed by atoms with E-state index in [1.807, 2.05) is 0 Å². The molecule has 0 N–H and O–H groups in total. The largest absolute Gasteiger partial charge is 0.465 e. The lowest BCUT2D eigenvalue weighted by molar-refractivity contribution is -0.168. The monoisotopic (exact) mass is 140 g/mol. The molecule has 0 amide bonds. The third-order valence-electron chi connectivity index (χ3n) is 2.78. The van der Waals surface area contributed by atoms with E-state index >= 15 is 0 Å². The maximum Gasteiger partial charge on any atom is 0.312 e. The van der Waals surface area contributed by atoms with Crippen LogP contribution < -0.4 is 0 Å². The van der Waals surface area contributed by atoms with Gasteiger partial charge in [-0.25, -0.2) is 0 Å². The van der Waals surface area contributed by atoms with Crippen molar-refractivity contribution in [3.8, 4) is 0 Å². The molecule has 2 rings (SSSR count). The number of hydrogen-bond donors (Lipinski definition) is 0. The first-order valence-electron chi connectivity index (χ1n) is 4.01. The van der Waals surface area contributed by atoms with Crippen LogP contribution in [0.2, 0.25) is 0 Å². The van der Waals surface area contributed by atoms with Crippen molar-refractivity contribution in [2.75, 3.05) is 6.61 Å². The normalized spacial score (nSPS) is 29.4. The molecule has 0 radical (unpaired) electrons. The lowest BCUT2D eigenvalue weighted by atomic mass is 9.65. The van der Waals surface area contributed by atoms with Gasteiger partial charge in [-0.3, -0.25) is 4.79 Å². The summed E-state index contributed by atoms with van der Waals surface area (Å²) < 4.78 is 5.00. The second kappa shape index (κ2) is 1.97. The minimum atomic E-state index is -0.00174. The van der Waals surface area contributed by atoms with Crippen LogP contribution in [-0.4, -0.2) is 12.6 Å². The van der Waals surface area contributed by atoms with Gasteiger partial charge in [-0.2, -0.15) is 0 Å². The first-order valence-corrected chi connectivity index (χ1v) is 4.01. The van der Waals surface area contributed by atoms with Crippen LogP contribution in [0.5, 0.6) is 0 Å². The van der Waals surface area contributed by atoms with Crippen LogP contribution in [0.4, 0.5) is 0 Å². The van der Waals surface area contributed by atoms with Gasteiger partial charge >= 0.3 is 5.97 Å². The Morgan fingerprint density at radius 3 is 2.30 bits per heavy atom. The standard InChI is InChI=1S/C8H12O2/c9-7-8(3-1-4-8)5-2-6-10-7/h1-6H2. The molecule has 1 saturated carbocycles. The molecular weight excluding hydrogens is 128 g/mol. The fourth-order valence-corrected chi connectivity index (χ4v) is 1.89. The van der Waals surface area contributed by atoms with Crippen molar-refractivity contribution >= 4 is 5.97 Å². The lowest BCUT2D eigenvalue weighted by Gasteiger charge is -2.41. The highest BCUT2D eigenvalue weighted by Crippen LogP contribution is 2.47. The molecule has 2 fully saturated rings. The van der Waals surface area contributed by atoms with Gasteiger partial charge in [0.15, 0.2) is 0 Å². The summed E-state index contributed by atoms with van der Waals surface area (Å²) in [6.07, 6.45) is 5.52. The summed E-state index contributed by atoms with van der Waals surface area (Å²) in [4.78, 5) is 11.2. The maximum absolute atomic E-state index is 11.2. The van der Waals surface area contributed by atoms with Crippen LogP contribution in [0.25, 0.3) is 0 Å². The Morgan fingerprint density at radius 2 is 1.90 bits per heavy atom. The van der Waals surface area contributed by atoms with E-state index in [0.717, 1.165) is 25.7 Å². The van der Waals surface area contributed by atoms with Crippen LogP contribution in [0.1, 0.15) is 32.1 Å². The van der Waals surface area contributed by atoms with E-state index in [-0.39, 0.29) is 11.4 Å². The average molecular weight is 140 g/mol. The van der Waals surface area contributed by atoms with Crippen LogP contribution in [0.3, 0.4) is 0 Å². The molecule has 1 saturated heterocycles. The quantitative estimate of drug-likeness (QED) is 0.476. The Labute approximate surface area is 60.6 Å². The van der Waals surface area contributed by atoms with Crippen molar-refractivity contribution in [3.63, 3.8) is 0 Å². The number of carbonyl (C=O) groups excluding carboxylic acids is 1. The second-order valence-electron chi connectivity index (χ2n) is 3.37. The third kappa shape index (κ3) is 0.678. The van der Waals surface area contributed by atoms with Crippen molar-refractivity contribution in [2.45, 2.75) is 32.1 Å². The van der Waals surface area contributed by atoms with E-state index in [0.29, 0.717) is 6.61 Å². The Kier molecular flexibility index (Phi) is 1.22. The first kappa shape index (κ1) is 6.20. The molecule has 0 atom stereocenters. The molecule has 0 bridgehead atoms. The summed E-state index contributed by atoms with van der Waals surface area (Å²) in [5.74, 6) is 0.0741. The first-order chi connectivity index (χ1) is 4.83. The van der Waals surface area contributed by atoms with Gasteiger partial charge in [0.25, 0.3) is 0 Å². The highest BCUT2D eigenvalue weighted by Gasteiger charge is 2.46. The summed E-state index contributed by atoms with van der Waals surface area (Å²) in [6.45, 7) is 0.653. The molecule has 1 aliphatic carbocycles. The number of esters is 1. The molecule has 0 aromatic rings. The van der Waals surface area contributed by atoms with Crippen LogP contribution in [0.15, 0.2) is 0 Å². The van der Waals surface area contributed by atoms with Crippen molar-refractivity contribution in [2.24, 2.45) is 5.41 Å². The second-order valence-corrected chi connectivity index (χ2v) is 3.37. The zero-order valence-electron chi connectivity index (χ0n) is 6.06. The summed E-state index contributed by atoms with van der Waals surface area (Å²) in [6, 6.07) is 0. The molecule has 10 heavy (non-hydrogen) atoms. The molecule has 0 unspecified atom stereocenters. The molecule has 1 spiro atoms. The molecule has 1 aliphatic heterocycles. The Morgan fingerprint density at radius 1 is 1.20 bits per heavy atom. The molecule has 1 heterocycles. The number of ether oxygens (including phenoxy) is 1. The van der Waals surface area contributed by atoms with Gasteiger partial charge in [0.05, 0.1) is 12.0 Å². The van der Waals surface area contributed by atoms with Gasteiger partial charge in [-0.15, -0.1) is 0 Å². The average Bonchev–Trinajstić information content (AvgIpc) is 1.85. The smallest absolute Gasteiger partial charge is 0.312 e. The van der Waals surface area contributed by atoms with E-state index in [1.165, 1.54) is 6.42 Å². The zero-order chi connectivity index (χ0) is 7.03. The van der Waals surface area contributed by atoms with Crippen LogP contribution in [0, 0.1) is 5.41 Å². The Hall–Kier alpha value is -0.530. The molecule has 2 heteroatoms. The van der Waals surface area contributed by atoms with Gasteiger partial charge in [-0.05, 0) is 25.7 Å². The van der Waals surface area contributed by atoms with E-state index in [2.05, 4.69) is 0 Å². The van der Waals surface area contributed by atoms with Crippen LogP contribution in [-0.2, 0) is 9.53 Å². The molecule has 56 valence electrons. The lowest BCUT2D eigenvalue weighted by Crippen LogP contribution is -2.42. The Balaban J connectivity index is 2.10. The molecule has 2 nitrogen and oxygen atoms in total. The van der Waals surface area contributed by atoms with Crippen molar-refractivity contribution in [1.29, 1.82) is 0 Å². The van der Waals surface area contributed by atoms with Gasteiger partial charge in [0.1, 0.15) is 0 Å². The number of hydrogen-bond acceptors (Lipinski definition) is 2. The van der Waals surface area contributed by atoms with Gasteiger partial charge in [0.2, 0.25) is 0 Å². The van der Waals surface area contributed by atoms with Crippen molar-refractivity contribution < 1.29 is 9.53 Å². The molecule has 0 aromatic carbocycles. The molecule has 0 aromatic heterocycles. The van der Waals surface area contributed by atoms with E-state index < -0.39 is 0 Å².